The Kier molecular flexibility index (Phi) is 3.75. The van der Waals surface area contributed by atoms with E-state index >= 15 is 0 Å². The van der Waals surface area contributed by atoms with Gasteiger partial charge in [0.15, 0.2) is 11.6 Å². The first kappa shape index (κ1) is 14.4. The van der Waals surface area contributed by atoms with Crippen molar-refractivity contribution in [3.8, 4) is 16.9 Å². The molecule has 0 saturated carbocycles. The Hall–Kier alpha value is -1.98. The maximum atomic E-state index is 13.8. The van der Waals surface area contributed by atoms with Gasteiger partial charge in [0.25, 0.3) is 0 Å². The highest BCUT2D eigenvalue weighted by molar-refractivity contribution is 6.33. The summed E-state index contributed by atoms with van der Waals surface area (Å²) in [5, 5.41) is 0. The van der Waals surface area contributed by atoms with Crippen molar-refractivity contribution in [2.24, 2.45) is 0 Å². The number of ether oxygens (including phenoxy) is 1. The second kappa shape index (κ2) is 5.19. The quantitative estimate of drug-likeness (QED) is 0.607. The number of methoxy groups -OCH3 is 1. The molecule has 0 N–H and O–H groups in total. The lowest BCUT2D eigenvalue weighted by atomic mass is 9.90. The summed E-state index contributed by atoms with van der Waals surface area (Å²) in [6, 6.07) is 2.65. The van der Waals surface area contributed by atoms with Crippen LogP contribution in [0.3, 0.4) is 0 Å². The van der Waals surface area contributed by atoms with Crippen LogP contribution in [0.2, 0.25) is 0 Å². The molecule has 0 aliphatic heterocycles. The van der Waals surface area contributed by atoms with Crippen LogP contribution in [0.1, 0.15) is 5.56 Å². The summed E-state index contributed by atoms with van der Waals surface area (Å²) in [7, 11) is 6.36. The van der Waals surface area contributed by atoms with Crippen molar-refractivity contribution in [3.05, 3.63) is 47.0 Å². The van der Waals surface area contributed by atoms with Gasteiger partial charge in [-0.3, -0.25) is 0 Å². The van der Waals surface area contributed by atoms with Crippen molar-refractivity contribution >= 4 is 13.3 Å². The van der Waals surface area contributed by atoms with E-state index in [-0.39, 0.29) is 16.7 Å². The van der Waals surface area contributed by atoms with Gasteiger partial charge >= 0.3 is 0 Å². The predicted molar refractivity (Wildman–Crippen MR) is 68.4 cm³/mol. The van der Waals surface area contributed by atoms with Crippen LogP contribution in [-0.4, -0.2) is 15.0 Å². The molecular weight excluding hydrogens is 271 g/mol. The SMILES string of the molecule is [B]c1c(F)cc(-c2cc(C)c(F)cc2F)c(OC)c1F. The fourth-order valence-electron chi connectivity index (χ4n) is 1.88. The monoisotopic (exact) mass is 280 g/mol. The lowest BCUT2D eigenvalue weighted by Gasteiger charge is -2.14. The van der Waals surface area contributed by atoms with Gasteiger partial charge in [-0.25, -0.2) is 17.6 Å². The first-order valence-corrected chi connectivity index (χ1v) is 5.64. The fraction of sp³-hybridized carbons (Fsp3) is 0.143. The van der Waals surface area contributed by atoms with Gasteiger partial charge in [-0.1, -0.05) is 0 Å². The minimum absolute atomic E-state index is 0.140. The molecule has 0 heterocycles. The van der Waals surface area contributed by atoms with Gasteiger partial charge < -0.3 is 4.74 Å². The zero-order chi connectivity index (χ0) is 15.0. The van der Waals surface area contributed by atoms with Gasteiger partial charge in [0.1, 0.15) is 25.3 Å². The highest BCUT2D eigenvalue weighted by atomic mass is 19.1. The first-order valence-electron chi connectivity index (χ1n) is 5.64. The summed E-state index contributed by atoms with van der Waals surface area (Å²) < 4.78 is 59.2. The topological polar surface area (TPSA) is 9.23 Å². The van der Waals surface area contributed by atoms with E-state index in [1.54, 1.807) is 0 Å². The highest BCUT2D eigenvalue weighted by Crippen LogP contribution is 2.34. The molecule has 0 amide bonds. The van der Waals surface area contributed by atoms with Gasteiger partial charge in [0.05, 0.1) is 7.11 Å². The highest BCUT2D eigenvalue weighted by Gasteiger charge is 2.20. The van der Waals surface area contributed by atoms with E-state index < -0.39 is 34.5 Å². The van der Waals surface area contributed by atoms with E-state index in [1.165, 1.54) is 6.92 Å². The molecular formula is C14H9BF4O. The van der Waals surface area contributed by atoms with Crippen LogP contribution in [-0.2, 0) is 0 Å². The Labute approximate surface area is 114 Å². The molecule has 1 nitrogen and oxygen atoms in total. The summed E-state index contributed by atoms with van der Waals surface area (Å²) in [6.45, 7) is 1.41. The average Bonchev–Trinajstić information content (AvgIpc) is 2.40. The van der Waals surface area contributed by atoms with Crippen molar-refractivity contribution in [2.75, 3.05) is 7.11 Å². The molecule has 0 saturated heterocycles. The van der Waals surface area contributed by atoms with Gasteiger partial charge in [-0.15, -0.1) is 0 Å². The maximum Gasteiger partial charge on any atom is 0.162 e. The zero-order valence-electron chi connectivity index (χ0n) is 10.7. The molecule has 2 rings (SSSR count). The van der Waals surface area contributed by atoms with Crippen LogP contribution in [0.25, 0.3) is 11.1 Å². The molecule has 0 aliphatic rings. The van der Waals surface area contributed by atoms with Crippen molar-refractivity contribution in [1.82, 2.24) is 0 Å². The largest absolute Gasteiger partial charge is 0.493 e. The van der Waals surface area contributed by atoms with Crippen LogP contribution in [0.4, 0.5) is 17.6 Å². The molecule has 0 spiro atoms. The molecule has 0 unspecified atom stereocenters. The van der Waals surface area contributed by atoms with Gasteiger partial charge in [-0.2, -0.15) is 0 Å². The van der Waals surface area contributed by atoms with E-state index in [4.69, 9.17) is 12.6 Å². The third-order valence-corrected chi connectivity index (χ3v) is 2.95. The predicted octanol–water partition coefficient (Wildman–Crippen LogP) is 3.02. The van der Waals surface area contributed by atoms with E-state index in [1.807, 2.05) is 0 Å². The summed E-state index contributed by atoms with van der Waals surface area (Å²) in [4.78, 5) is 0. The fourth-order valence-corrected chi connectivity index (χ4v) is 1.88. The van der Waals surface area contributed by atoms with E-state index in [2.05, 4.69) is 0 Å². The molecule has 0 aliphatic carbocycles. The third kappa shape index (κ3) is 2.26. The van der Waals surface area contributed by atoms with Gasteiger partial charge in [-0.05, 0) is 30.1 Å². The lowest BCUT2D eigenvalue weighted by molar-refractivity contribution is 0.388. The van der Waals surface area contributed by atoms with Crippen molar-refractivity contribution in [2.45, 2.75) is 6.92 Å². The second-order valence-electron chi connectivity index (χ2n) is 4.25. The number of halogens is 4. The Morgan fingerprint density at radius 1 is 0.900 bits per heavy atom. The van der Waals surface area contributed by atoms with E-state index in [0.717, 1.165) is 19.2 Å². The Morgan fingerprint density at radius 2 is 1.55 bits per heavy atom. The van der Waals surface area contributed by atoms with Crippen LogP contribution >= 0.6 is 0 Å². The molecule has 0 fully saturated rings. The number of benzene rings is 2. The Bertz CT molecular complexity index is 686. The standard InChI is InChI=1S/C14H9BF4O/c1-6-3-7(10(17)5-9(6)16)8-4-11(18)12(15)13(19)14(8)20-2/h3-5H,1-2H3. The van der Waals surface area contributed by atoms with Gasteiger partial charge in [0.2, 0.25) is 0 Å². The van der Waals surface area contributed by atoms with Crippen molar-refractivity contribution in [1.29, 1.82) is 0 Å². The molecule has 0 bridgehead atoms. The van der Waals surface area contributed by atoms with Crippen LogP contribution in [0, 0.1) is 30.2 Å². The smallest absolute Gasteiger partial charge is 0.162 e. The van der Waals surface area contributed by atoms with E-state index in [0.29, 0.717) is 6.07 Å². The second-order valence-corrected chi connectivity index (χ2v) is 4.25. The van der Waals surface area contributed by atoms with Crippen molar-refractivity contribution in [3.63, 3.8) is 0 Å². The number of rotatable bonds is 2. The lowest BCUT2D eigenvalue weighted by Crippen LogP contribution is -2.16. The number of aryl methyl sites for hydroxylation is 1. The molecule has 20 heavy (non-hydrogen) atoms. The minimum Gasteiger partial charge on any atom is -0.493 e. The summed E-state index contributed by atoms with van der Waals surface area (Å²) in [5.41, 5.74) is -0.915. The summed E-state index contributed by atoms with van der Waals surface area (Å²) >= 11 is 0. The first-order chi connectivity index (χ1) is 9.36. The molecule has 2 aromatic rings. The number of hydrogen-bond acceptors (Lipinski definition) is 1. The molecule has 0 atom stereocenters. The number of hydrogen-bond donors (Lipinski definition) is 0. The van der Waals surface area contributed by atoms with Crippen LogP contribution in [0.5, 0.6) is 5.75 Å². The molecule has 0 aromatic heterocycles. The summed E-state index contributed by atoms with van der Waals surface area (Å²) in [6.07, 6.45) is 0. The molecule has 2 aromatic carbocycles. The van der Waals surface area contributed by atoms with E-state index in [9.17, 15) is 17.6 Å². The summed E-state index contributed by atoms with van der Waals surface area (Å²) in [5.74, 6) is -4.26. The third-order valence-electron chi connectivity index (χ3n) is 2.95. The maximum absolute atomic E-state index is 13.8. The van der Waals surface area contributed by atoms with Crippen LogP contribution < -0.4 is 10.2 Å². The van der Waals surface area contributed by atoms with Crippen molar-refractivity contribution < 1.29 is 22.3 Å². The zero-order valence-corrected chi connectivity index (χ0v) is 10.7. The Balaban J connectivity index is 2.79. The normalized spacial score (nSPS) is 10.7. The molecule has 6 heteroatoms. The van der Waals surface area contributed by atoms with Gasteiger partial charge in [0, 0.05) is 17.2 Å². The average molecular weight is 280 g/mol. The molecule has 2 radical (unpaired) electrons. The minimum atomic E-state index is -1.12. The van der Waals surface area contributed by atoms with Crippen LogP contribution in [0.15, 0.2) is 18.2 Å². The Morgan fingerprint density at radius 3 is 2.15 bits per heavy atom. The molecule has 102 valence electrons.